The molecule has 0 radical (unpaired) electrons. The third kappa shape index (κ3) is 2.36. The highest BCUT2D eigenvalue weighted by Gasteiger charge is 2.33. The van der Waals surface area contributed by atoms with Crippen LogP contribution >= 0.6 is 0 Å². The van der Waals surface area contributed by atoms with Gasteiger partial charge in [-0.15, -0.1) is 0 Å². The molecule has 7 nitrogen and oxygen atoms in total. The van der Waals surface area contributed by atoms with Crippen LogP contribution in [0.1, 0.15) is 40.6 Å². The Morgan fingerprint density at radius 2 is 1.96 bits per heavy atom. The molecule has 2 aromatic rings. The number of carbonyl (C=O) groups is 2. The van der Waals surface area contributed by atoms with E-state index in [0.717, 1.165) is 17.5 Å². The minimum atomic E-state index is -0.605. The minimum Gasteiger partial charge on any atom is -0.267 e. The molecule has 4 rings (SSSR count). The van der Waals surface area contributed by atoms with Gasteiger partial charge in [0.25, 0.3) is 17.4 Å². The van der Waals surface area contributed by atoms with Crippen molar-refractivity contribution >= 4 is 17.5 Å². The van der Waals surface area contributed by atoms with Gasteiger partial charge < -0.3 is 0 Å². The highest BCUT2D eigenvalue weighted by atomic mass is 16.2. The first-order valence-corrected chi connectivity index (χ1v) is 7.27. The first-order valence-electron chi connectivity index (χ1n) is 7.27. The van der Waals surface area contributed by atoms with Gasteiger partial charge in [-0.1, -0.05) is 18.2 Å². The fraction of sp³-hybridized carbons (Fsp3) is 0.188. The van der Waals surface area contributed by atoms with Crippen molar-refractivity contribution in [3.8, 4) is 0 Å². The normalized spacial score (nSPS) is 17.9. The Morgan fingerprint density at radius 3 is 2.65 bits per heavy atom. The molecule has 114 valence electrons. The number of nitrogens with one attached hydrogen (secondary N) is 1. The van der Waals surface area contributed by atoms with Gasteiger partial charge >= 0.3 is 0 Å². The molecule has 0 saturated heterocycles. The molecule has 1 N–H and O–H groups in total. The lowest BCUT2D eigenvalue weighted by molar-refractivity contribution is -0.110. The molecule has 23 heavy (non-hydrogen) atoms. The van der Waals surface area contributed by atoms with Crippen LogP contribution in [0.2, 0.25) is 0 Å². The summed E-state index contributed by atoms with van der Waals surface area (Å²) in [4.78, 5) is 44.5. The predicted molar refractivity (Wildman–Crippen MR) is 82.1 cm³/mol. The molecule has 2 heterocycles. The quantitative estimate of drug-likeness (QED) is 0.889. The molecular formula is C16H12N4O3. The van der Waals surface area contributed by atoms with E-state index in [4.69, 9.17) is 0 Å². The van der Waals surface area contributed by atoms with E-state index in [1.165, 1.54) is 6.07 Å². The number of rotatable bonds is 2. The molecular weight excluding hydrogens is 296 g/mol. The van der Waals surface area contributed by atoms with Crippen LogP contribution in [0.5, 0.6) is 0 Å². The molecule has 1 fully saturated rings. The van der Waals surface area contributed by atoms with Gasteiger partial charge in [0.05, 0.1) is 5.69 Å². The first kappa shape index (κ1) is 13.6. The molecule has 7 heteroatoms. The van der Waals surface area contributed by atoms with E-state index >= 15 is 0 Å². The molecule has 1 aromatic heterocycles. The number of carbonyl (C=O) groups excluding carboxylic acids is 2. The summed E-state index contributed by atoms with van der Waals surface area (Å²) < 4.78 is 1.03. The van der Waals surface area contributed by atoms with Crippen LogP contribution < -0.4 is 11.0 Å². The van der Waals surface area contributed by atoms with Crippen molar-refractivity contribution in [1.29, 1.82) is 0 Å². The number of aliphatic imine (C=N–C) groups is 1. The Morgan fingerprint density at radius 1 is 1.22 bits per heavy atom. The maximum atomic E-state index is 12.2. The molecule has 1 saturated carbocycles. The zero-order valence-electron chi connectivity index (χ0n) is 12.0. The highest BCUT2D eigenvalue weighted by molar-refractivity contribution is 6.50. The van der Waals surface area contributed by atoms with Crippen LogP contribution in [0, 0.1) is 0 Å². The summed E-state index contributed by atoms with van der Waals surface area (Å²) in [6.45, 7) is 0. The standard InChI is InChI=1S/C16H12N4O3/c21-12-8-11(9-6-7-9)17-14-13(16(23)19-20(12)14)18-15(22)10-4-2-1-3-5-10/h1-5,8-9H,6-7H2,(H,19,23). The fourth-order valence-corrected chi connectivity index (χ4v) is 2.46. The van der Waals surface area contributed by atoms with E-state index in [-0.39, 0.29) is 23.0 Å². The highest BCUT2D eigenvalue weighted by Crippen LogP contribution is 2.38. The molecule has 1 aliphatic heterocycles. The smallest absolute Gasteiger partial charge is 0.267 e. The van der Waals surface area contributed by atoms with Crippen molar-refractivity contribution in [3.63, 3.8) is 0 Å². The maximum absolute atomic E-state index is 12.2. The second-order valence-electron chi connectivity index (χ2n) is 5.53. The summed E-state index contributed by atoms with van der Waals surface area (Å²) in [5.74, 6) is -0.786. The SMILES string of the molecule is O=C1Nn2c(nc(C3CC3)cc2=O)C1=NC(=O)c1ccccc1. The summed E-state index contributed by atoms with van der Waals surface area (Å²) >= 11 is 0. The second kappa shape index (κ2) is 4.98. The lowest BCUT2D eigenvalue weighted by atomic mass is 10.2. The summed E-state index contributed by atoms with van der Waals surface area (Å²) in [6, 6.07) is 9.85. The number of hydrogen-bond donors (Lipinski definition) is 1. The van der Waals surface area contributed by atoms with Gasteiger partial charge in [-0.2, -0.15) is 9.67 Å². The van der Waals surface area contributed by atoms with Crippen molar-refractivity contribution in [1.82, 2.24) is 9.66 Å². The Kier molecular flexibility index (Phi) is 2.94. The van der Waals surface area contributed by atoms with E-state index in [2.05, 4.69) is 15.4 Å². The average Bonchev–Trinajstić information content (AvgIpc) is 3.35. The summed E-state index contributed by atoms with van der Waals surface area (Å²) in [5.41, 5.74) is 2.90. The Bertz CT molecular complexity index is 911. The van der Waals surface area contributed by atoms with Crippen LogP contribution in [0.3, 0.4) is 0 Å². The van der Waals surface area contributed by atoms with Gasteiger partial charge in [0.2, 0.25) is 0 Å². The number of aromatic nitrogens is 2. The van der Waals surface area contributed by atoms with Gasteiger partial charge in [0.1, 0.15) is 0 Å². The predicted octanol–water partition coefficient (Wildman–Crippen LogP) is 0.834. The van der Waals surface area contributed by atoms with E-state index in [1.807, 2.05) is 0 Å². The molecule has 0 atom stereocenters. The number of amides is 2. The lowest BCUT2D eigenvalue weighted by Gasteiger charge is -2.03. The van der Waals surface area contributed by atoms with E-state index in [1.54, 1.807) is 30.3 Å². The third-order valence-corrected chi connectivity index (χ3v) is 3.81. The fourth-order valence-electron chi connectivity index (χ4n) is 2.46. The van der Waals surface area contributed by atoms with Gasteiger partial charge in [-0.05, 0) is 25.0 Å². The third-order valence-electron chi connectivity index (χ3n) is 3.81. The molecule has 2 aliphatic rings. The second-order valence-corrected chi connectivity index (χ2v) is 5.53. The zero-order valence-corrected chi connectivity index (χ0v) is 12.0. The molecule has 0 unspecified atom stereocenters. The first-order chi connectivity index (χ1) is 11.1. The Hall–Kier alpha value is -3.09. The molecule has 0 bridgehead atoms. The number of hydrogen-bond acceptors (Lipinski definition) is 4. The van der Waals surface area contributed by atoms with Crippen LogP contribution in [0.4, 0.5) is 0 Å². The van der Waals surface area contributed by atoms with Crippen molar-refractivity contribution < 1.29 is 9.59 Å². The molecule has 1 aliphatic carbocycles. The average molecular weight is 308 g/mol. The van der Waals surface area contributed by atoms with Gasteiger partial charge in [-0.25, -0.2) is 4.98 Å². The van der Waals surface area contributed by atoms with Crippen LogP contribution in [0.15, 0.2) is 46.2 Å². The molecule has 2 amide bonds. The van der Waals surface area contributed by atoms with E-state index < -0.39 is 11.8 Å². The number of fused-ring (bicyclic) bond motifs is 1. The Labute approximate surface area is 130 Å². The van der Waals surface area contributed by atoms with Crippen molar-refractivity contribution in [2.75, 3.05) is 5.43 Å². The monoisotopic (exact) mass is 308 g/mol. The summed E-state index contributed by atoms with van der Waals surface area (Å²) in [5, 5.41) is 0. The van der Waals surface area contributed by atoms with E-state index in [9.17, 15) is 14.4 Å². The largest absolute Gasteiger partial charge is 0.292 e. The van der Waals surface area contributed by atoms with Gasteiger partial charge in [-0.3, -0.25) is 19.8 Å². The molecule has 1 aromatic carbocycles. The van der Waals surface area contributed by atoms with Crippen molar-refractivity contribution in [3.05, 3.63) is 63.8 Å². The maximum Gasteiger partial charge on any atom is 0.292 e. The van der Waals surface area contributed by atoms with Gasteiger partial charge in [0, 0.05) is 17.5 Å². The van der Waals surface area contributed by atoms with Crippen molar-refractivity contribution in [2.45, 2.75) is 18.8 Å². The van der Waals surface area contributed by atoms with Gasteiger partial charge in [0.15, 0.2) is 11.5 Å². The lowest BCUT2D eigenvalue weighted by Crippen LogP contribution is -2.28. The zero-order chi connectivity index (χ0) is 16.0. The minimum absolute atomic E-state index is 0.105. The molecule has 0 spiro atoms. The Balaban J connectivity index is 1.79. The van der Waals surface area contributed by atoms with Crippen LogP contribution in [0.25, 0.3) is 0 Å². The number of nitrogens with zero attached hydrogens (tertiary/aromatic N) is 3. The summed E-state index contributed by atoms with van der Waals surface area (Å²) in [6.07, 6.45) is 1.96. The number of benzene rings is 1. The topological polar surface area (TPSA) is 93.4 Å². The van der Waals surface area contributed by atoms with Crippen molar-refractivity contribution in [2.24, 2.45) is 4.99 Å². The van der Waals surface area contributed by atoms with Crippen LogP contribution in [-0.2, 0) is 4.79 Å². The van der Waals surface area contributed by atoms with E-state index in [0.29, 0.717) is 11.3 Å². The summed E-state index contributed by atoms with van der Waals surface area (Å²) in [7, 11) is 0. The van der Waals surface area contributed by atoms with Crippen LogP contribution in [-0.4, -0.2) is 27.2 Å².